The Labute approximate surface area is 153 Å². The average Bonchev–Trinajstić information content (AvgIpc) is 3.51. The second kappa shape index (κ2) is 7.60. The van der Waals surface area contributed by atoms with Crippen molar-refractivity contribution >= 4 is 0 Å². The second-order valence-corrected chi connectivity index (χ2v) is 9.15. The van der Waals surface area contributed by atoms with E-state index in [0.717, 1.165) is 36.8 Å². The van der Waals surface area contributed by atoms with Gasteiger partial charge in [-0.05, 0) is 86.7 Å². The number of aromatic hydroxyl groups is 2. The van der Waals surface area contributed by atoms with Crippen LogP contribution in [0.3, 0.4) is 0 Å². The standard InChI is InChI=1S/C23H36O2/c1-3-23(16-17-23)13-7-4-8-18-10-11-20(24)19(21(18)25)9-5-6-12-22(2)14-15-22/h10-11,24-25H,3-9,12-17H2,1-2H3. The lowest BCUT2D eigenvalue weighted by Gasteiger charge is -2.14. The van der Waals surface area contributed by atoms with E-state index in [0.29, 0.717) is 16.6 Å². The quantitative estimate of drug-likeness (QED) is 0.449. The van der Waals surface area contributed by atoms with Crippen molar-refractivity contribution in [1.82, 2.24) is 0 Å². The lowest BCUT2D eigenvalue weighted by atomic mass is 9.93. The molecule has 1 aromatic rings. The molecule has 2 N–H and O–H groups in total. The van der Waals surface area contributed by atoms with Gasteiger partial charge in [0.2, 0.25) is 0 Å². The Morgan fingerprint density at radius 2 is 1.56 bits per heavy atom. The molecular formula is C23H36O2. The van der Waals surface area contributed by atoms with Crippen molar-refractivity contribution in [3.63, 3.8) is 0 Å². The van der Waals surface area contributed by atoms with E-state index in [1.54, 1.807) is 6.07 Å². The summed E-state index contributed by atoms with van der Waals surface area (Å²) in [5.41, 5.74) is 3.05. The van der Waals surface area contributed by atoms with Crippen molar-refractivity contribution in [3.05, 3.63) is 23.3 Å². The van der Waals surface area contributed by atoms with E-state index in [4.69, 9.17) is 0 Å². The largest absolute Gasteiger partial charge is 0.508 e. The molecule has 2 heteroatoms. The average molecular weight is 345 g/mol. The number of phenols is 2. The molecule has 0 saturated heterocycles. The molecule has 0 amide bonds. The van der Waals surface area contributed by atoms with Crippen LogP contribution in [0.1, 0.15) is 95.6 Å². The number of aryl methyl sites for hydroxylation is 1. The van der Waals surface area contributed by atoms with Crippen LogP contribution in [-0.4, -0.2) is 10.2 Å². The number of rotatable bonds is 11. The molecule has 3 rings (SSSR count). The maximum atomic E-state index is 10.6. The van der Waals surface area contributed by atoms with Crippen molar-refractivity contribution in [3.8, 4) is 11.5 Å². The molecule has 0 heterocycles. The highest BCUT2D eigenvalue weighted by atomic mass is 16.3. The zero-order valence-corrected chi connectivity index (χ0v) is 16.2. The maximum Gasteiger partial charge on any atom is 0.125 e. The SMILES string of the molecule is CCC1(CCCCc2ccc(O)c(CCCCC3(C)CC3)c2O)CC1. The first-order valence-electron chi connectivity index (χ1n) is 10.5. The highest BCUT2D eigenvalue weighted by molar-refractivity contribution is 5.48. The molecule has 2 fully saturated rings. The molecule has 0 spiro atoms. The van der Waals surface area contributed by atoms with Crippen LogP contribution < -0.4 is 0 Å². The Morgan fingerprint density at radius 1 is 0.880 bits per heavy atom. The third-order valence-electron chi connectivity index (χ3n) is 7.01. The van der Waals surface area contributed by atoms with Gasteiger partial charge in [-0.25, -0.2) is 0 Å². The van der Waals surface area contributed by atoms with E-state index in [9.17, 15) is 10.2 Å². The highest BCUT2D eigenvalue weighted by Crippen LogP contribution is 2.52. The third kappa shape index (κ3) is 4.92. The Hall–Kier alpha value is -1.18. The molecule has 0 aromatic heterocycles. The highest BCUT2D eigenvalue weighted by Gasteiger charge is 2.39. The fraction of sp³-hybridized carbons (Fsp3) is 0.739. The van der Waals surface area contributed by atoms with Gasteiger partial charge in [0, 0.05) is 5.56 Å². The van der Waals surface area contributed by atoms with Gasteiger partial charge in [0.05, 0.1) is 0 Å². The van der Waals surface area contributed by atoms with Crippen molar-refractivity contribution < 1.29 is 10.2 Å². The van der Waals surface area contributed by atoms with E-state index in [-0.39, 0.29) is 5.75 Å². The minimum absolute atomic E-state index is 0.266. The first kappa shape index (κ1) is 18.6. The van der Waals surface area contributed by atoms with Crippen LogP contribution in [0, 0.1) is 10.8 Å². The summed E-state index contributed by atoms with van der Waals surface area (Å²) in [6.07, 6.45) is 15.9. The van der Waals surface area contributed by atoms with E-state index in [1.165, 1.54) is 57.8 Å². The van der Waals surface area contributed by atoms with Gasteiger partial charge in [-0.1, -0.05) is 39.2 Å². The zero-order chi connectivity index (χ0) is 17.9. The molecule has 2 aliphatic carbocycles. The van der Waals surface area contributed by atoms with Gasteiger partial charge in [-0.2, -0.15) is 0 Å². The van der Waals surface area contributed by atoms with Gasteiger partial charge in [-0.3, -0.25) is 0 Å². The van der Waals surface area contributed by atoms with E-state index in [1.807, 2.05) is 6.07 Å². The van der Waals surface area contributed by atoms with Gasteiger partial charge >= 0.3 is 0 Å². The van der Waals surface area contributed by atoms with Crippen LogP contribution >= 0.6 is 0 Å². The van der Waals surface area contributed by atoms with Crippen LogP contribution in [0.25, 0.3) is 0 Å². The summed E-state index contributed by atoms with van der Waals surface area (Å²) >= 11 is 0. The van der Waals surface area contributed by atoms with Crippen molar-refractivity contribution in [2.45, 2.75) is 97.3 Å². The van der Waals surface area contributed by atoms with Crippen LogP contribution in [0.4, 0.5) is 0 Å². The lowest BCUT2D eigenvalue weighted by Crippen LogP contribution is -1.99. The molecule has 0 aliphatic heterocycles. The van der Waals surface area contributed by atoms with E-state index < -0.39 is 0 Å². The summed E-state index contributed by atoms with van der Waals surface area (Å²) in [5, 5.41) is 20.7. The van der Waals surface area contributed by atoms with Gasteiger partial charge in [-0.15, -0.1) is 0 Å². The van der Waals surface area contributed by atoms with Gasteiger partial charge < -0.3 is 10.2 Å². The molecule has 2 saturated carbocycles. The zero-order valence-electron chi connectivity index (χ0n) is 16.2. The topological polar surface area (TPSA) is 40.5 Å². The molecule has 2 aliphatic rings. The van der Waals surface area contributed by atoms with Gasteiger partial charge in [0.15, 0.2) is 0 Å². The third-order valence-corrected chi connectivity index (χ3v) is 7.01. The summed E-state index contributed by atoms with van der Waals surface area (Å²) < 4.78 is 0. The minimum atomic E-state index is 0.266. The molecule has 0 radical (unpaired) electrons. The maximum absolute atomic E-state index is 10.6. The van der Waals surface area contributed by atoms with Crippen LogP contribution in [0.5, 0.6) is 11.5 Å². The second-order valence-electron chi connectivity index (χ2n) is 9.15. The molecule has 0 bridgehead atoms. The number of hydrogen-bond donors (Lipinski definition) is 2. The Bertz CT molecular complexity index is 582. The van der Waals surface area contributed by atoms with Gasteiger partial charge in [0.1, 0.15) is 11.5 Å². The van der Waals surface area contributed by atoms with E-state index >= 15 is 0 Å². The van der Waals surface area contributed by atoms with Crippen LogP contribution in [0.2, 0.25) is 0 Å². The monoisotopic (exact) mass is 344 g/mol. The summed E-state index contributed by atoms with van der Waals surface area (Å²) in [4.78, 5) is 0. The summed E-state index contributed by atoms with van der Waals surface area (Å²) in [5.74, 6) is 0.621. The summed E-state index contributed by atoms with van der Waals surface area (Å²) in [7, 11) is 0. The van der Waals surface area contributed by atoms with Crippen molar-refractivity contribution in [1.29, 1.82) is 0 Å². The molecule has 25 heavy (non-hydrogen) atoms. The molecule has 0 unspecified atom stereocenters. The fourth-order valence-electron chi connectivity index (χ4n) is 4.21. The molecule has 2 nitrogen and oxygen atoms in total. The molecule has 0 atom stereocenters. The smallest absolute Gasteiger partial charge is 0.125 e. The van der Waals surface area contributed by atoms with Gasteiger partial charge in [0.25, 0.3) is 0 Å². The summed E-state index contributed by atoms with van der Waals surface area (Å²) in [6, 6.07) is 3.69. The van der Waals surface area contributed by atoms with Crippen LogP contribution in [-0.2, 0) is 12.8 Å². The Kier molecular flexibility index (Phi) is 5.65. The number of hydrogen-bond acceptors (Lipinski definition) is 2. The van der Waals surface area contributed by atoms with Crippen molar-refractivity contribution in [2.75, 3.05) is 0 Å². The minimum Gasteiger partial charge on any atom is -0.508 e. The van der Waals surface area contributed by atoms with Crippen molar-refractivity contribution in [2.24, 2.45) is 10.8 Å². The normalized spacial score (nSPS) is 19.8. The van der Waals surface area contributed by atoms with E-state index in [2.05, 4.69) is 13.8 Å². The first-order chi connectivity index (χ1) is 12.0. The predicted octanol–water partition coefficient (Wildman–Crippen LogP) is 6.51. The Morgan fingerprint density at radius 3 is 2.20 bits per heavy atom. The lowest BCUT2D eigenvalue weighted by molar-refractivity contribution is 0.417. The molecule has 140 valence electrons. The molecular weight excluding hydrogens is 308 g/mol. The molecule has 1 aromatic carbocycles. The fourth-order valence-corrected chi connectivity index (χ4v) is 4.21. The van der Waals surface area contributed by atoms with Crippen LogP contribution in [0.15, 0.2) is 12.1 Å². The Balaban J connectivity index is 1.46. The number of phenolic OH excluding ortho intramolecular Hbond substituents is 2. The predicted molar refractivity (Wildman–Crippen MR) is 104 cm³/mol. The summed E-state index contributed by atoms with van der Waals surface area (Å²) in [6.45, 7) is 4.68. The number of benzene rings is 1. The first-order valence-corrected chi connectivity index (χ1v) is 10.5. The number of unbranched alkanes of at least 4 members (excludes halogenated alkanes) is 2.